The molecule has 0 saturated heterocycles. The van der Waals surface area contributed by atoms with Gasteiger partial charge in [0, 0.05) is 28.8 Å². The van der Waals surface area contributed by atoms with Crippen LogP contribution in [-0.4, -0.2) is 21.7 Å². The van der Waals surface area contributed by atoms with Gasteiger partial charge in [0.1, 0.15) is 0 Å². The standard InChI is InChI=1S/C59H38N4/c1-4-19-44-40(14-1)33-50(48-23-8-6-21-46(44)48)54-36-53(61-59(62-54)51-34-41-15-2-5-20-45(41)47-22-7-9-24-49(47)51)42-18-13-17-39(32-42)37-28-30-38(31-29-37)58-57-35-43-16-3-11-26-55(43)63(57)56-27-12-10-25-52(56)60-58/h1-34,36,57H,35H2. The van der Waals surface area contributed by atoms with Gasteiger partial charge in [-0.05, 0) is 108 Å². The third-order valence-electron chi connectivity index (χ3n) is 13.1. The summed E-state index contributed by atoms with van der Waals surface area (Å²) in [4.78, 5) is 18.7. The van der Waals surface area contributed by atoms with Crippen molar-refractivity contribution in [1.82, 2.24) is 9.97 Å². The van der Waals surface area contributed by atoms with E-state index in [1.165, 1.54) is 49.3 Å². The lowest BCUT2D eigenvalue weighted by Crippen LogP contribution is -2.38. The van der Waals surface area contributed by atoms with Gasteiger partial charge in [0.2, 0.25) is 0 Å². The second-order valence-electron chi connectivity index (χ2n) is 16.7. The molecule has 2 aliphatic heterocycles. The van der Waals surface area contributed by atoms with Gasteiger partial charge in [-0.25, -0.2) is 15.0 Å². The van der Waals surface area contributed by atoms with Crippen LogP contribution in [0.4, 0.5) is 17.1 Å². The summed E-state index contributed by atoms with van der Waals surface area (Å²) in [5.41, 5.74) is 14.2. The maximum atomic E-state index is 5.47. The Hall–Kier alpha value is -8.21. The van der Waals surface area contributed by atoms with Crippen LogP contribution in [0.3, 0.4) is 0 Å². The summed E-state index contributed by atoms with van der Waals surface area (Å²) in [7, 11) is 0. The van der Waals surface area contributed by atoms with Gasteiger partial charge in [-0.2, -0.15) is 0 Å². The molecule has 0 saturated carbocycles. The van der Waals surface area contributed by atoms with Gasteiger partial charge in [-0.1, -0.05) is 170 Å². The van der Waals surface area contributed by atoms with E-state index in [0.717, 1.165) is 73.4 Å². The summed E-state index contributed by atoms with van der Waals surface area (Å²) in [5, 5.41) is 9.50. The number of fused-ring (bicyclic) bond motifs is 11. The summed E-state index contributed by atoms with van der Waals surface area (Å²) in [6, 6.07) is 76.5. The van der Waals surface area contributed by atoms with Crippen LogP contribution in [0.1, 0.15) is 11.1 Å². The lowest BCUT2D eigenvalue weighted by atomic mass is 9.93. The number of benzene rings is 10. The van der Waals surface area contributed by atoms with Crippen LogP contribution in [0.25, 0.3) is 88.1 Å². The zero-order chi connectivity index (χ0) is 41.4. The number of aromatic nitrogens is 2. The van der Waals surface area contributed by atoms with Gasteiger partial charge in [0.25, 0.3) is 0 Å². The molecule has 294 valence electrons. The number of nitrogens with zero attached hydrogens (tertiary/aromatic N) is 4. The third kappa shape index (κ3) is 5.79. The summed E-state index contributed by atoms with van der Waals surface area (Å²) in [5.74, 6) is 0.703. The largest absolute Gasteiger partial charge is 0.330 e. The monoisotopic (exact) mass is 802 g/mol. The minimum Gasteiger partial charge on any atom is -0.330 e. The number of hydrogen-bond acceptors (Lipinski definition) is 4. The average Bonchev–Trinajstić information content (AvgIpc) is 3.76. The molecule has 4 nitrogen and oxygen atoms in total. The Kier molecular flexibility index (Phi) is 8.00. The highest BCUT2D eigenvalue weighted by atomic mass is 15.2. The van der Waals surface area contributed by atoms with Crippen LogP contribution in [0.5, 0.6) is 0 Å². The van der Waals surface area contributed by atoms with E-state index in [4.69, 9.17) is 15.0 Å². The molecule has 0 bridgehead atoms. The Labute approximate surface area is 365 Å². The highest BCUT2D eigenvalue weighted by molar-refractivity contribution is 6.16. The summed E-state index contributed by atoms with van der Waals surface area (Å²) < 4.78 is 0. The topological polar surface area (TPSA) is 41.4 Å². The minimum atomic E-state index is 0.145. The smallest absolute Gasteiger partial charge is 0.161 e. The van der Waals surface area contributed by atoms with E-state index >= 15 is 0 Å². The fraction of sp³-hybridized carbons (Fsp3) is 0.0339. The maximum Gasteiger partial charge on any atom is 0.161 e. The summed E-state index contributed by atoms with van der Waals surface area (Å²) >= 11 is 0. The number of para-hydroxylation sites is 3. The van der Waals surface area contributed by atoms with Crippen LogP contribution >= 0.6 is 0 Å². The molecule has 0 spiro atoms. The third-order valence-corrected chi connectivity index (χ3v) is 13.1. The van der Waals surface area contributed by atoms with Gasteiger partial charge in [-0.3, -0.25) is 0 Å². The maximum absolute atomic E-state index is 5.47. The van der Waals surface area contributed by atoms with Crippen molar-refractivity contribution in [3.63, 3.8) is 0 Å². The fourth-order valence-corrected chi connectivity index (χ4v) is 10.2. The van der Waals surface area contributed by atoms with Crippen molar-refractivity contribution in [3.8, 4) is 45.0 Å². The molecule has 4 heteroatoms. The summed E-state index contributed by atoms with van der Waals surface area (Å²) in [6.45, 7) is 0. The molecular weight excluding hydrogens is 765 g/mol. The molecule has 0 aliphatic carbocycles. The average molecular weight is 803 g/mol. The molecule has 0 amide bonds. The van der Waals surface area contributed by atoms with Gasteiger partial charge in [0.05, 0.1) is 34.5 Å². The zero-order valence-corrected chi connectivity index (χ0v) is 34.3. The molecule has 2 aliphatic rings. The van der Waals surface area contributed by atoms with E-state index in [1.54, 1.807) is 0 Å². The van der Waals surface area contributed by atoms with Crippen molar-refractivity contribution in [2.24, 2.45) is 4.99 Å². The minimum absolute atomic E-state index is 0.145. The molecule has 1 atom stereocenters. The van der Waals surface area contributed by atoms with Crippen molar-refractivity contribution >= 4 is 65.9 Å². The quantitative estimate of drug-likeness (QED) is 0.163. The van der Waals surface area contributed by atoms with Crippen LogP contribution < -0.4 is 4.90 Å². The number of rotatable bonds is 5. The second-order valence-corrected chi connectivity index (χ2v) is 16.7. The first-order chi connectivity index (χ1) is 31.2. The lowest BCUT2D eigenvalue weighted by molar-refractivity contribution is 0.862. The molecular formula is C59H38N4. The first-order valence-electron chi connectivity index (χ1n) is 21.7. The Bertz CT molecular complexity index is 3540. The Morgan fingerprint density at radius 1 is 0.381 bits per heavy atom. The van der Waals surface area contributed by atoms with E-state index < -0.39 is 0 Å². The molecule has 1 unspecified atom stereocenters. The van der Waals surface area contributed by atoms with Crippen LogP contribution in [0.15, 0.2) is 217 Å². The fourth-order valence-electron chi connectivity index (χ4n) is 10.2. The van der Waals surface area contributed by atoms with Gasteiger partial charge in [0.15, 0.2) is 5.82 Å². The van der Waals surface area contributed by atoms with Gasteiger partial charge >= 0.3 is 0 Å². The van der Waals surface area contributed by atoms with Crippen LogP contribution in [0.2, 0.25) is 0 Å². The molecule has 13 rings (SSSR count). The highest BCUT2D eigenvalue weighted by Gasteiger charge is 2.38. The van der Waals surface area contributed by atoms with Crippen LogP contribution in [0, 0.1) is 0 Å². The van der Waals surface area contributed by atoms with E-state index in [9.17, 15) is 0 Å². The highest BCUT2D eigenvalue weighted by Crippen LogP contribution is 2.47. The SMILES string of the molecule is c1cc(-c2ccc(C3=Nc4ccccc4N4c5ccccc5CC34)cc2)cc(-c2cc(-c3cc4ccccc4c4ccccc34)nc(-c3cc4ccccc4c4ccccc34)n2)c1. The number of aliphatic imine (C=N–C) groups is 1. The molecule has 10 aromatic carbocycles. The number of anilines is 2. The van der Waals surface area contributed by atoms with Gasteiger partial charge in [-0.15, -0.1) is 0 Å². The molecule has 1 aromatic heterocycles. The van der Waals surface area contributed by atoms with Crippen molar-refractivity contribution in [1.29, 1.82) is 0 Å². The first kappa shape index (κ1) is 35.5. The van der Waals surface area contributed by atoms with Crippen molar-refractivity contribution in [2.45, 2.75) is 12.5 Å². The van der Waals surface area contributed by atoms with E-state index in [-0.39, 0.29) is 6.04 Å². The number of hydrogen-bond donors (Lipinski definition) is 0. The first-order valence-corrected chi connectivity index (χ1v) is 21.7. The molecule has 0 radical (unpaired) electrons. The van der Waals surface area contributed by atoms with Crippen LogP contribution in [-0.2, 0) is 6.42 Å². The molecule has 3 heterocycles. The predicted molar refractivity (Wildman–Crippen MR) is 263 cm³/mol. The Morgan fingerprint density at radius 2 is 0.937 bits per heavy atom. The van der Waals surface area contributed by atoms with E-state index in [0.29, 0.717) is 5.82 Å². The normalized spacial score (nSPS) is 14.2. The van der Waals surface area contributed by atoms with E-state index in [1.807, 2.05) is 0 Å². The molecule has 0 N–H and O–H groups in total. The predicted octanol–water partition coefficient (Wildman–Crippen LogP) is 15.0. The van der Waals surface area contributed by atoms with Crippen molar-refractivity contribution in [3.05, 3.63) is 223 Å². The summed E-state index contributed by atoms with van der Waals surface area (Å²) in [6.07, 6.45) is 0.931. The van der Waals surface area contributed by atoms with Gasteiger partial charge < -0.3 is 4.90 Å². The van der Waals surface area contributed by atoms with E-state index in [2.05, 4.69) is 217 Å². The Balaban J connectivity index is 0.947. The second kappa shape index (κ2) is 14.2. The lowest BCUT2D eigenvalue weighted by Gasteiger charge is -2.33. The van der Waals surface area contributed by atoms with Crippen molar-refractivity contribution < 1.29 is 0 Å². The molecule has 63 heavy (non-hydrogen) atoms. The zero-order valence-electron chi connectivity index (χ0n) is 34.3. The Morgan fingerprint density at radius 3 is 1.68 bits per heavy atom. The van der Waals surface area contributed by atoms with Crippen molar-refractivity contribution in [2.75, 3.05) is 4.90 Å². The molecule has 11 aromatic rings. The molecule has 0 fully saturated rings.